The van der Waals surface area contributed by atoms with Crippen LogP contribution in [0.2, 0.25) is 0 Å². The molecule has 1 unspecified atom stereocenters. The van der Waals surface area contributed by atoms with Crippen LogP contribution >= 0.6 is 0 Å². The van der Waals surface area contributed by atoms with Gasteiger partial charge in [-0.1, -0.05) is 0 Å². The Balaban J connectivity index is 3.44. The number of rotatable bonds is 5. The monoisotopic (exact) mass is 178 g/mol. The van der Waals surface area contributed by atoms with Gasteiger partial charge in [-0.25, -0.2) is 4.79 Å². The Morgan fingerprint density at radius 1 is 1.67 bits per heavy atom. The highest BCUT2D eigenvalue weighted by Crippen LogP contribution is 1.83. The van der Waals surface area contributed by atoms with E-state index in [1.54, 1.807) is 0 Å². The summed E-state index contributed by atoms with van der Waals surface area (Å²) >= 11 is 0. The lowest BCUT2D eigenvalue weighted by Crippen LogP contribution is -2.77. The molecule has 1 atom stereocenters. The van der Waals surface area contributed by atoms with Crippen molar-refractivity contribution >= 4 is 11.9 Å². The number of hydrogen-bond acceptors (Lipinski definition) is 2. The number of nitrogens with one attached hydrogen (secondary N) is 1. The lowest BCUT2D eigenvalue weighted by molar-refractivity contribution is -0.755. The maximum Gasteiger partial charge on any atom is 0.375 e. The molecule has 0 heterocycles. The van der Waals surface area contributed by atoms with Crippen molar-refractivity contribution in [1.82, 2.24) is 0 Å². The third-order valence-corrected chi connectivity index (χ3v) is 1.11. The number of carboxylic acids is 1. The van der Waals surface area contributed by atoms with E-state index in [0.717, 1.165) is 0 Å². The molecule has 0 aliphatic carbocycles. The first-order valence-corrected chi connectivity index (χ1v) is 3.35. The van der Waals surface area contributed by atoms with E-state index in [4.69, 9.17) is 16.6 Å². The van der Waals surface area contributed by atoms with Gasteiger partial charge >= 0.3 is 11.9 Å². The van der Waals surface area contributed by atoms with Gasteiger partial charge in [0.2, 0.25) is 0 Å². The minimum absolute atomic E-state index is 0.0639. The number of nitrogens with two attached hydrogens (primary N) is 2. The second-order valence-electron chi connectivity index (χ2n) is 2.23. The maximum absolute atomic E-state index is 10.2. The van der Waals surface area contributed by atoms with Crippen LogP contribution in [0.25, 0.3) is 0 Å². The van der Waals surface area contributed by atoms with Gasteiger partial charge in [0.15, 0.2) is 6.04 Å². The molecule has 0 rings (SSSR count). The van der Waals surface area contributed by atoms with Crippen LogP contribution in [0.15, 0.2) is 0 Å². The molecular weight excluding hydrogens is 164 g/mol. The van der Waals surface area contributed by atoms with Crippen LogP contribution in [0.5, 0.6) is 0 Å². The molecule has 0 aromatic heterocycles. The van der Waals surface area contributed by atoms with Crippen LogP contribution in [0.4, 0.5) is 0 Å². The Labute approximate surface area is 69.1 Å². The summed E-state index contributed by atoms with van der Waals surface area (Å²) in [7, 11) is 0. The smallest absolute Gasteiger partial charge is 0.375 e. The molecule has 0 amide bonds. The molecule has 0 fully saturated rings. The molecule has 0 bridgehead atoms. The molecule has 0 aromatic carbocycles. The summed E-state index contributed by atoms with van der Waals surface area (Å²) in [5.74, 6) is -1.02. The molecule has 9 N–H and O–H groups in total. The Bertz CT molecular complexity index is 178. The zero-order chi connectivity index (χ0) is 9.56. The summed E-state index contributed by atoms with van der Waals surface area (Å²) in [6.45, 7) is 0.193. The number of hydrogen-bond donors (Lipinski definition) is 5. The SMILES string of the molecule is NC(N)=[NH+]OCCC([NH3+])C(=O)O. The van der Waals surface area contributed by atoms with E-state index in [0.29, 0.717) is 6.42 Å². The van der Waals surface area contributed by atoms with Crippen LogP contribution < -0.4 is 22.4 Å². The van der Waals surface area contributed by atoms with Gasteiger partial charge in [-0.15, -0.1) is 5.16 Å². The van der Waals surface area contributed by atoms with Crippen molar-refractivity contribution in [1.29, 1.82) is 0 Å². The third-order valence-electron chi connectivity index (χ3n) is 1.11. The Kier molecular flexibility index (Phi) is 4.54. The average Bonchev–Trinajstić information content (AvgIpc) is 1.97. The molecule has 70 valence electrons. The summed E-state index contributed by atoms with van der Waals surface area (Å²) in [5.41, 5.74) is 13.4. The Morgan fingerprint density at radius 2 is 2.25 bits per heavy atom. The van der Waals surface area contributed by atoms with Gasteiger partial charge in [0, 0.05) is 6.42 Å². The van der Waals surface area contributed by atoms with E-state index >= 15 is 0 Å². The molecule has 0 aliphatic rings. The fourth-order valence-electron chi connectivity index (χ4n) is 0.459. The number of aliphatic carboxylic acids is 1. The molecule has 0 aliphatic heterocycles. The molecule has 0 saturated carbocycles. The van der Waals surface area contributed by atoms with Crippen LogP contribution in [0.1, 0.15) is 6.42 Å². The Morgan fingerprint density at radius 3 is 2.67 bits per heavy atom. The number of quaternary nitrogens is 1. The fourth-order valence-corrected chi connectivity index (χ4v) is 0.459. The van der Waals surface area contributed by atoms with E-state index in [1.807, 2.05) is 0 Å². The van der Waals surface area contributed by atoms with Gasteiger partial charge in [0.05, 0.1) is 0 Å². The summed E-state index contributed by atoms with van der Waals surface area (Å²) < 4.78 is 0. The van der Waals surface area contributed by atoms with Crippen LogP contribution in [-0.2, 0) is 9.63 Å². The van der Waals surface area contributed by atoms with Crippen molar-refractivity contribution in [2.75, 3.05) is 6.61 Å². The van der Waals surface area contributed by atoms with Gasteiger partial charge in [-0.05, 0) is 0 Å². The highest BCUT2D eigenvalue weighted by molar-refractivity contribution is 5.71. The zero-order valence-corrected chi connectivity index (χ0v) is 6.62. The van der Waals surface area contributed by atoms with Gasteiger partial charge < -0.3 is 15.7 Å². The van der Waals surface area contributed by atoms with Gasteiger partial charge in [-0.2, -0.15) is 0 Å². The second kappa shape index (κ2) is 5.19. The molecule has 0 radical (unpaired) electrons. The molecule has 0 spiro atoms. The van der Waals surface area contributed by atoms with Gasteiger partial charge in [-0.3, -0.25) is 11.5 Å². The third kappa shape index (κ3) is 5.30. The van der Waals surface area contributed by atoms with Crippen molar-refractivity contribution in [2.45, 2.75) is 12.5 Å². The van der Waals surface area contributed by atoms with Crippen molar-refractivity contribution in [2.24, 2.45) is 11.5 Å². The summed E-state index contributed by atoms with van der Waals surface area (Å²) in [5, 5.41) is 10.6. The van der Waals surface area contributed by atoms with E-state index in [-0.39, 0.29) is 12.6 Å². The van der Waals surface area contributed by atoms with Crippen molar-refractivity contribution < 1.29 is 25.6 Å². The normalized spacial score (nSPS) is 11.8. The Hall–Kier alpha value is -1.50. The number of carbonyl (C=O) groups is 1. The van der Waals surface area contributed by atoms with E-state index in [9.17, 15) is 4.79 Å². The zero-order valence-electron chi connectivity index (χ0n) is 6.62. The lowest BCUT2D eigenvalue weighted by Gasteiger charge is -2.00. The number of guanidine groups is 1. The van der Waals surface area contributed by atoms with E-state index in [1.165, 1.54) is 0 Å². The lowest BCUT2D eigenvalue weighted by atomic mass is 10.2. The quantitative estimate of drug-likeness (QED) is 0.125. The molecule has 7 heteroatoms. The molecular formula is C5H14N4O3+2. The van der Waals surface area contributed by atoms with Crippen LogP contribution in [-0.4, -0.2) is 29.7 Å². The topological polar surface area (TPSA) is 140 Å². The summed E-state index contributed by atoms with van der Waals surface area (Å²) in [4.78, 5) is 14.9. The van der Waals surface area contributed by atoms with Crippen LogP contribution in [0, 0.1) is 0 Å². The molecule has 0 saturated heterocycles. The van der Waals surface area contributed by atoms with Gasteiger partial charge in [0.1, 0.15) is 6.61 Å². The second-order valence-corrected chi connectivity index (χ2v) is 2.23. The highest BCUT2D eigenvalue weighted by Gasteiger charge is 2.14. The van der Waals surface area contributed by atoms with Crippen molar-refractivity contribution in [3.05, 3.63) is 0 Å². The van der Waals surface area contributed by atoms with E-state index < -0.39 is 12.0 Å². The first-order valence-electron chi connectivity index (χ1n) is 3.35. The standard InChI is InChI=1S/C5H12N4O3/c6-3(4(10)11)1-2-12-9-5(7)8/h3H,1-2,6H2,(H,10,11)(H4,7,8,9)/p+2. The minimum atomic E-state index is -0.955. The summed E-state index contributed by atoms with van der Waals surface area (Å²) in [6, 6.07) is -0.675. The predicted molar refractivity (Wildman–Crippen MR) is 39.2 cm³/mol. The molecule has 7 nitrogen and oxygen atoms in total. The highest BCUT2D eigenvalue weighted by atomic mass is 16.6. The largest absolute Gasteiger partial charge is 0.477 e. The van der Waals surface area contributed by atoms with Crippen molar-refractivity contribution in [3.63, 3.8) is 0 Å². The molecule has 12 heavy (non-hydrogen) atoms. The first-order chi connectivity index (χ1) is 5.54. The van der Waals surface area contributed by atoms with Gasteiger partial charge in [0.25, 0.3) is 0 Å². The summed E-state index contributed by atoms with van der Waals surface area (Å²) in [6.07, 6.45) is 0.301. The fraction of sp³-hybridized carbons (Fsp3) is 0.600. The number of carboxylic acid groups (broad SMARTS) is 1. The average molecular weight is 178 g/mol. The minimum Gasteiger partial charge on any atom is -0.477 e. The molecule has 0 aromatic rings. The van der Waals surface area contributed by atoms with E-state index in [2.05, 4.69) is 15.7 Å². The van der Waals surface area contributed by atoms with Crippen molar-refractivity contribution in [3.8, 4) is 0 Å². The van der Waals surface area contributed by atoms with Crippen LogP contribution in [0.3, 0.4) is 0 Å². The maximum atomic E-state index is 10.2. The first kappa shape index (κ1) is 10.5. The predicted octanol–water partition coefficient (Wildman–Crippen LogP) is -4.64.